The maximum Gasteiger partial charge on any atom is 0.408 e. The van der Waals surface area contributed by atoms with E-state index in [-0.39, 0.29) is 18.2 Å². The molecule has 1 rings (SSSR count). The van der Waals surface area contributed by atoms with Gasteiger partial charge in [0.2, 0.25) is 0 Å². The van der Waals surface area contributed by atoms with E-state index in [0.29, 0.717) is 5.92 Å². The normalized spacial score (nSPS) is 14.4. The van der Waals surface area contributed by atoms with Gasteiger partial charge in [-0.1, -0.05) is 57.0 Å². The second kappa shape index (κ2) is 9.81. The van der Waals surface area contributed by atoms with Crippen molar-refractivity contribution >= 4 is 6.09 Å². The summed E-state index contributed by atoms with van der Waals surface area (Å²) < 4.78 is 5.47. The fourth-order valence-electron chi connectivity index (χ4n) is 2.95. The average molecular weight is 349 g/mol. The lowest BCUT2D eigenvalue weighted by Gasteiger charge is -2.35. The zero-order valence-electron chi connectivity index (χ0n) is 17.0. The van der Waals surface area contributed by atoms with Crippen LogP contribution in [0.4, 0.5) is 4.79 Å². The standard InChI is InChI=1S/C21H36N2O2/c1-8-17(9-2)15-23(7)16(3)19(18-13-11-10-12-14-18)22-20(24)25-21(4,5)6/h10-14,16-17,19H,8-9,15H2,1-7H3,(H,22,24)/t16?,19-/m1/s1. The van der Waals surface area contributed by atoms with Crippen LogP contribution in [0.1, 0.15) is 66.0 Å². The number of amides is 1. The van der Waals surface area contributed by atoms with Crippen molar-refractivity contribution in [3.8, 4) is 0 Å². The number of likely N-dealkylation sites (N-methyl/N-ethyl adjacent to an activating group) is 1. The molecule has 0 spiro atoms. The van der Waals surface area contributed by atoms with Crippen LogP contribution >= 0.6 is 0 Å². The summed E-state index contributed by atoms with van der Waals surface area (Å²) in [6, 6.07) is 10.2. The van der Waals surface area contributed by atoms with Crippen LogP contribution in [0, 0.1) is 5.92 Å². The number of carbonyl (C=O) groups is 1. The highest BCUT2D eigenvalue weighted by Gasteiger charge is 2.27. The minimum Gasteiger partial charge on any atom is -0.444 e. The van der Waals surface area contributed by atoms with Gasteiger partial charge in [0.15, 0.2) is 0 Å². The molecule has 142 valence electrons. The smallest absolute Gasteiger partial charge is 0.408 e. The molecule has 4 nitrogen and oxygen atoms in total. The van der Waals surface area contributed by atoms with Gasteiger partial charge in [-0.15, -0.1) is 0 Å². The number of benzene rings is 1. The lowest BCUT2D eigenvalue weighted by Crippen LogP contribution is -2.45. The number of carbonyl (C=O) groups excluding carboxylic acids is 1. The van der Waals surface area contributed by atoms with Gasteiger partial charge in [0.25, 0.3) is 0 Å². The fourth-order valence-corrected chi connectivity index (χ4v) is 2.95. The van der Waals surface area contributed by atoms with Gasteiger partial charge in [-0.3, -0.25) is 0 Å². The molecule has 0 aromatic heterocycles. The molecular formula is C21H36N2O2. The van der Waals surface area contributed by atoms with Crippen LogP contribution in [0.2, 0.25) is 0 Å². The van der Waals surface area contributed by atoms with Gasteiger partial charge in [0, 0.05) is 12.6 Å². The van der Waals surface area contributed by atoms with Gasteiger partial charge in [-0.2, -0.15) is 0 Å². The maximum atomic E-state index is 12.4. The van der Waals surface area contributed by atoms with Crippen molar-refractivity contribution < 1.29 is 9.53 Å². The van der Waals surface area contributed by atoms with Gasteiger partial charge < -0.3 is 15.0 Å². The Balaban J connectivity index is 2.92. The summed E-state index contributed by atoms with van der Waals surface area (Å²) in [5.41, 5.74) is 0.591. The zero-order valence-corrected chi connectivity index (χ0v) is 17.0. The van der Waals surface area contributed by atoms with Gasteiger partial charge in [-0.05, 0) is 46.2 Å². The Labute approximate surface area is 153 Å². The Bertz CT molecular complexity index is 506. The van der Waals surface area contributed by atoms with Crippen molar-refractivity contribution in [2.45, 2.75) is 72.1 Å². The third-order valence-corrected chi connectivity index (χ3v) is 4.71. The highest BCUT2D eigenvalue weighted by molar-refractivity contribution is 5.68. The van der Waals surface area contributed by atoms with Gasteiger partial charge in [-0.25, -0.2) is 4.79 Å². The van der Waals surface area contributed by atoms with Crippen molar-refractivity contribution in [3.63, 3.8) is 0 Å². The highest BCUT2D eigenvalue weighted by Crippen LogP contribution is 2.23. The number of rotatable bonds is 8. The van der Waals surface area contributed by atoms with Crippen LogP contribution in [0.3, 0.4) is 0 Å². The molecule has 1 aromatic rings. The summed E-state index contributed by atoms with van der Waals surface area (Å²) in [4.78, 5) is 14.7. The minimum atomic E-state index is -0.504. The van der Waals surface area contributed by atoms with E-state index in [0.717, 1.165) is 12.1 Å². The minimum absolute atomic E-state index is 0.115. The van der Waals surface area contributed by atoms with Crippen molar-refractivity contribution in [2.75, 3.05) is 13.6 Å². The number of nitrogens with zero attached hydrogens (tertiary/aromatic N) is 1. The molecule has 1 unspecified atom stereocenters. The molecule has 1 amide bonds. The molecule has 0 saturated heterocycles. The summed E-state index contributed by atoms with van der Waals surface area (Å²) in [5, 5.41) is 3.08. The summed E-state index contributed by atoms with van der Waals surface area (Å²) in [6.07, 6.45) is 1.97. The molecule has 0 aliphatic carbocycles. The molecule has 0 heterocycles. The Hall–Kier alpha value is -1.55. The first-order valence-corrected chi connectivity index (χ1v) is 9.42. The molecule has 2 atom stereocenters. The quantitative estimate of drug-likeness (QED) is 0.718. The van der Waals surface area contributed by atoms with Crippen molar-refractivity contribution in [1.82, 2.24) is 10.2 Å². The second-order valence-corrected chi connectivity index (χ2v) is 7.90. The lowest BCUT2D eigenvalue weighted by molar-refractivity contribution is 0.0467. The van der Waals surface area contributed by atoms with E-state index in [9.17, 15) is 4.79 Å². The van der Waals surface area contributed by atoms with Crippen LogP contribution in [0.15, 0.2) is 30.3 Å². The number of ether oxygens (including phenoxy) is 1. The van der Waals surface area contributed by atoms with E-state index in [1.54, 1.807) is 0 Å². The number of hydrogen-bond acceptors (Lipinski definition) is 3. The fraction of sp³-hybridized carbons (Fsp3) is 0.667. The van der Waals surface area contributed by atoms with Gasteiger partial charge in [0.1, 0.15) is 5.60 Å². The molecule has 0 fully saturated rings. The zero-order chi connectivity index (χ0) is 19.0. The Morgan fingerprint density at radius 2 is 1.72 bits per heavy atom. The molecule has 1 aromatic carbocycles. The second-order valence-electron chi connectivity index (χ2n) is 7.90. The molecule has 4 heteroatoms. The molecular weight excluding hydrogens is 312 g/mol. The maximum absolute atomic E-state index is 12.4. The molecule has 0 radical (unpaired) electrons. The van der Waals surface area contributed by atoms with Crippen LogP contribution < -0.4 is 5.32 Å². The van der Waals surface area contributed by atoms with Crippen LogP contribution in [0.5, 0.6) is 0 Å². The van der Waals surface area contributed by atoms with E-state index in [2.05, 4.69) is 50.2 Å². The Morgan fingerprint density at radius 3 is 2.20 bits per heavy atom. The molecule has 25 heavy (non-hydrogen) atoms. The molecule has 0 aliphatic heterocycles. The number of hydrogen-bond donors (Lipinski definition) is 1. The van der Waals surface area contributed by atoms with Gasteiger partial charge >= 0.3 is 6.09 Å². The summed E-state index contributed by atoms with van der Waals surface area (Å²) in [5.74, 6) is 0.672. The van der Waals surface area contributed by atoms with Crippen LogP contribution in [-0.4, -0.2) is 36.2 Å². The van der Waals surface area contributed by atoms with E-state index in [4.69, 9.17) is 4.74 Å². The predicted octanol–water partition coefficient (Wildman–Crippen LogP) is 5.01. The van der Waals surface area contributed by atoms with Crippen LogP contribution in [-0.2, 0) is 4.74 Å². The number of alkyl carbamates (subject to hydrolysis) is 1. The molecule has 0 aliphatic rings. The third-order valence-electron chi connectivity index (χ3n) is 4.71. The third kappa shape index (κ3) is 7.47. The largest absolute Gasteiger partial charge is 0.444 e. The molecule has 0 saturated carbocycles. The predicted molar refractivity (Wildman–Crippen MR) is 105 cm³/mol. The average Bonchev–Trinajstić information content (AvgIpc) is 2.55. The van der Waals surface area contributed by atoms with E-state index >= 15 is 0 Å². The van der Waals surface area contributed by atoms with E-state index in [1.807, 2.05) is 39.0 Å². The van der Waals surface area contributed by atoms with Crippen molar-refractivity contribution in [3.05, 3.63) is 35.9 Å². The first-order valence-electron chi connectivity index (χ1n) is 9.42. The van der Waals surface area contributed by atoms with Crippen molar-refractivity contribution in [2.24, 2.45) is 5.92 Å². The molecule has 1 N–H and O–H groups in total. The Morgan fingerprint density at radius 1 is 1.16 bits per heavy atom. The molecule has 0 bridgehead atoms. The number of nitrogens with one attached hydrogen (secondary N) is 1. The summed E-state index contributed by atoms with van der Waals surface area (Å²) in [6.45, 7) is 13.3. The monoisotopic (exact) mass is 348 g/mol. The first-order chi connectivity index (χ1) is 11.7. The Kier molecular flexibility index (Phi) is 8.43. The summed E-state index contributed by atoms with van der Waals surface area (Å²) >= 11 is 0. The van der Waals surface area contributed by atoms with Gasteiger partial charge in [0.05, 0.1) is 6.04 Å². The lowest BCUT2D eigenvalue weighted by atomic mass is 9.97. The topological polar surface area (TPSA) is 41.6 Å². The summed E-state index contributed by atoms with van der Waals surface area (Å²) in [7, 11) is 2.13. The highest BCUT2D eigenvalue weighted by atomic mass is 16.6. The van der Waals surface area contributed by atoms with E-state index in [1.165, 1.54) is 12.8 Å². The van der Waals surface area contributed by atoms with Crippen molar-refractivity contribution in [1.29, 1.82) is 0 Å². The first kappa shape index (κ1) is 21.5. The SMILES string of the molecule is CCC(CC)CN(C)C(C)[C@@H](NC(=O)OC(C)(C)C)c1ccccc1. The van der Waals surface area contributed by atoms with Crippen LogP contribution in [0.25, 0.3) is 0 Å². The van der Waals surface area contributed by atoms with E-state index < -0.39 is 5.60 Å².